The van der Waals surface area contributed by atoms with Gasteiger partial charge in [-0.3, -0.25) is 0 Å². The van der Waals surface area contributed by atoms with Crippen LogP contribution in [0.5, 0.6) is 11.6 Å². The zero-order valence-corrected chi connectivity index (χ0v) is 11.0. The van der Waals surface area contributed by atoms with Gasteiger partial charge in [0.05, 0.1) is 0 Å². The topological polar surface area (TPSA) is 48.1 Å². The van der Waals surface area contributed by atoms with Gasteiger partial charge in [0.25, 0.3) is 5.88 Å². The lowest BCUT2D eigenvalue weighted by atomic mass is 10.2. The van der Waals surface area contributed by atoms with Gasteiger partial charge in [-0.25, -0.2) is 13.8 Å². The highest BCUT2D eigenvalue weighted by Gasteiger charge is 2.12. The van der Waals surface area contributed by atoms with Gasteiger partial charge in [0.2, 0.25) is 0 Å². The molecule has 94 valence electrons. The van der Waals surface area contributed by atoms with Crippen LogP contribution in [0, 0.1) is 18.6 Å². The molecule has 0 amide bonds. The first kappa shape index (κ1) is 12.8. The quantitative estimate of drug-likeness (QED) is 0.858. The summed E-state index contributed by atoms with van der Waals surface area (Å²) in [4.78, 5) is 3.72. The molecule has 6 heteroatoms. The largest absolute Gasteiger partial charge is 0.433 e. The molecule has 0 aliphatic rings. The Kier molecular flexibility index (Phi) is 3.47. The molecule has 18 heavy (non-hydrogen) atoms. The molecule has 0 aliphatic carbocycles. The summed E-state index contributed by atoms with van der Waals surface area (Å²) >= 11 is 3.07. The molecule has 0 bridgehead atoms. The van der Waals surface area contributed by atoms with Gasteiger partial charge < -0.3 is 10.5 Å². The molecular formula is C12H9BrF2N2O. The van der Waals surface area contributed by atoms with Crippen molar-refractivity contribution in [2.45, 2.75) is 6.92 Å². The fourth-order valence-corrected chi connectivity index (χ4v) is 1.63. The van der Waals surface area contributed by atoms with Crippen molar-refractivity contribution in [3.05, 3.63) is 46.1 Å². The number of anilines is 1. The fourth-order valence-electron chi connectivity index (χ4n) is 1.33. The highest BCUT2D eigenvalue weighted by atomic mass is 79.9. The van der Waals surface area contributed by atoms with Crippen LogP contribution in [0.4, 0.5) is 14.5 Å². The third-order valence-corrected chi connectivity index (χ3v) is 2.73. The predicted molar refractivity (Wildman–Crippen MR) is 67.5 cm³/mol. The Hall–Kier alpha value is -1.69. The number of benzene rings is 1. The number of nitrogen functional groups attached to an aromatic ring is 1. The monoisotopic (exact) mass is 314 g/mol. The average Bonchev–Trinajstić information content (AvgIpc) is 2.29. The van der Waals surface area contributed by atoms with E-state index < -0.39 is 11.6 Å². The highest BCUT2D eigenvalue weighted by Crippen LogP contribution is 2.29. The first-order valence-corrected chi connectivity index (χ1v) is 5.81. The summed E-state index contributed by atoms with van der Waals surface area (Å²) in [6, 6.07) is 3.71. The number of ether oxygens (including phenoxy) is 1. The van der Waals surface area contributed by atoms with E-state index >= 15 is 0 Å². The molecule has 0 atom stereocenters. The van der Waals surface area contributed by atoms with Crippen molar-refractivity contribution in [1.29, 1.82) is 0 Å². The number of aryl methyl sites for hydroxylation is 1. The predicted octanol–water partition coefficient (Wildman–Crippen LogP) is 3.81. The van der Waals surface area contributed by atoms with Crippen molar-refractivity contribution < 1.29 is 13.5 Å². The van der Waals surface area contributed by atoms with E-state index in [1.165, 1.54) is 18.3 Å². The van der Waals surface area contributed by atoms with Crippen LogP contribution < -0.4 is 10.5 Å². The van der Waals surface area contributed by atoms with E-state index in [-0.39, 0.29) is 11.6 Å². The highest BCUT2D eigenvalue weighted by molar-refractivity contribution is 9.10. The second-order valence-corrected chi connectivity index (χ2v) is 4.60. The minimum atomic E-state index is -0.682. The summed E-state index contributed by atoms with van der Waals surface area (Å²) in [5.41, 5.74) is 6.49. The van der Waals surface area contributed by atoms with Gasteiger partial charge in [-0.2, -0.15) is 0 Å². The lowest BCUT2D eigenvalue weighted by Crippen LogP contribution is -1.97. The number of nitrogens with zero attached hydrogens (tertiary/aromatic N) is 1. The van der Waals surface area contributed by atoms with Gasteiger partial charge in [-0.1, -0.05) is 0 Å². The third kappa shape index (κ3) is 2.59. The van der Waals surface area contributed by atoms with Gasteiger partial charge in [-0.05, 0) is 40.5 Å². The van der Waals surface area contributed by atoms with Crippen molar-refractivity contribution >= 4 is 21.6 Å². The molecule has 0 unspecified atom stereocenters. The summed E-state index contributed by atoms with van der Waals surface area (Å²) in [5, 5.41) is 0. The van der Waals surface area contributed by atoms with Gasteiger partial charge in [-0.15, -0.1) is 0 Å². The van der Waals surface area contributed by atoms with Crippen LogP contribution in [0.25, 0.3) is 0 Å². The summed E-state index contributed by atoms with van der Waals surface area (Å²) < 4.78 is 32.6. The maximum Gasteiger partial charge on any atom is 0.256 e. The number of hydrogen-bond donors (Lipinski definition) is 1. The molecule has 0 radical (unpaired) electrons. The van der Waals surface area contributed by atoms with Crippen molar-refractivity contribution in [2.24, 2.45) is 0 Å². The van der Waals surface area contributed by atoms with E-state index in [4.69, 9.17) is 10.5 Å². The summed E-state index contributed by atoms with van der Waals surface area (Å²) in [7, 11) is 0. The van der Waals surface area contributed by atoms with Crippen LogP contribution in [0.2, 0.25) is 0 Å². The van der Waals surface area contributed by atoms with Crippen molar-refractivity contribution in [1.82, 2.24) is 4.98 Å². The average molecular weight is 315 g/mol. The standard InChI is InChI=1S/C12H9BrF2N2O/c1-6-2-11(8(14)4-10(6)16)18-12-9(15)3-7(13)5-17-12/h2-5H,16H2,1H3. The SMILES string of the molecule is Cc1cc(Oc2ncc(Br)cc2F)c(F)cc1N. The molecule has 2 rings (SSSR count). The number of pyridine rings is 1. The second kappa shape index (κ2) is 4.89. The maximum atomic E-state index is 13.6. The van der Waals surface area contributed by atoms with Crippen LogP contribution in [0.3, 0.4) is 0 Å². The lowest BCUT2D eigenvalue weighted by Gasteiger charge is -2.09. The van der Waals surface area contributed by atoms with Crippen molar-refractivity contribution in [2.75, 3.05) is 5.73 Å². The summed E-state index contributed by atoms with van der Waals surface area (Å²) in [5.74, 6) is -1.75. The van der Waals surface area contributed by atoms with E-state index in [1.807, 2.05) is 0 Å². The van der Waals surface area contributed by atoms with Crippen LogP contribution >= 0.6 is 15.9 Å². The van der Waals surface area contributed by atoms with Crippen molar-refractivity contribution in [3.8, 4) is 11.6 Å². The lowest BCUT2D eigenvalue weighted by molar-refractivity contribution is 0.398. The molecule has 0 spiro atoms. The molecule has 1 aromatic heterocycles. The van der Waals surface area contributed by atoms with Crippen LogP contribution in [-0.2, 0) is 0 Å². The Morgan fingerprint density at radius 1 is 1.22 bits per heavy atom. The normalized spacial score (nSPS) is 10.4. The first-order chi connectivity index (χ1) is 8.47. The zero-order valence-electron chi connectivity index (χ0n) is 9.38. The van der Waals surface area contributed by atoms with Crippen molar-refractivity contribution in [3.63, 3.8) is 0 Å². The number of aromatic nitrogens is 1. The molecule has 0 saturated carbocycles. The van der Waals surface area contributed by atoms with E-state index in [0.717, 1.165) is 6.07 Å². The molecule has 0 aliphatic heterocycles. The molecule has 1 aromatic carbocycles. The minimum Gasteiger partial charge on any atom is -0.433 e. The molecule has 2 aromatic rings. The maximum absolute atomic E-state index is 13.6. The van der Waals surface area contributed by atoms with E-state index in [2.05, 4.69) is 20.9 Å². The minimum absolute atomic E-state index is 0.115. The molecule has 3 nitrogen and oxygen atoms in total. The van der Waals surface area contributed by atoms with Crippen LogP contribution in [-0.4, -0.2) is 4.98 Å². The summed E-state index contributed by atoms with van der Waals surface area (Å²) in [6.07, 6.45) is 1.36. The Bertz CT molecular complexity index is 605. The molecule has 0 fully saturated rings. The van der Waals surface area contributed by atoms with Crippen LogP contribution in [0.15, 0.2) is 28.9 Å². The van der Waals surface area contributed by atoms with Gasteiger partial charge in [0.15, 0.2) is 17.4 Å². The van der Waals surface area contributed by atoms with E-state index in [1.54, 1.807) is 6.92 Å². The first-order valence-electron chi connectivity index (χ1n) is 5.02. The Morgan fingerprint density at radius 2 is 1.94 bits per heavy atom. The van der Waals surface area contributed by atoms with E-state index in [9.17, 15) is 8.78 Å². The third-order valence-electron chi connectivity index (χ3n) is 2.30. The van der Waals surface area contributed by atoms with Gasteiger partial charge in [0.1, 0.15) is 0 Å². The fraction of sp³-hybridized carbons (Fsp3) is 0.0833. The second-order valence-electron chi connectivity index (χ2n) is 3.68. The Labute approximate surface area is 111 Å². The smallest absolute Gasteiger partial charge is 0.256 e. The number of rotatable bonds is 2. The Morgan fingerprint density at radius 3 is 2.61 bits per heavy atom. The zero-order chi connectivity index (χ0) is 13.3. The van der Waals surface area contributed by atoms with E-state index in [0.29, 0.717) is 15.7 Å². The summed E-state index contributed by atoms with van der Waals surface area (Å²) in [6.45, 7) is 1.70. The molecule has 1 heterocycles. The number of halogens is 3. The molecule has 0 saturated heterocycles. The van der Waals surface area contributed by atoms with Gasteiger partial charge in [0, 0.05) is 22.4 Å². The van der Waals surface area contributed by atoms with Gasteiger partial charge >= 0.3 is 0 Å². The molecular weight excluding hydrogens is 306 g/mol. The van der Waals surface area contributed by atoms with Crippen LogP contribution in [0.1, 0.15) is 5.56 Å². The molecule has 2 N–H and O–H groups in total. The number of hydrogen-bond acceptors (Lipinski definition) is 3. The Balaban J connectivity index is 2.37. The number of nitrogens with two attached hydrogens (primary N) is 1.